The van der Waals surface area contributed by atoms with Crippen molar-refractivity contribution in [2.24, 2.45) is 0 Å². The van der Waals surface area contributed by atoms with Crippen molar-refractivity contribution >= 4 is 5.91 Å². The Labute approximate surface area is 91.2 Å². The molecule has 0 bridgehead atoms. The summed E-state index contributed by atoms with van der Waals surface area (Å²) < 4.78 is 0. The smallest absolute Gasteiger partial charge is 0.223 e. The highest BCUT2D eigenvalue weighted by molar-refractivity contribution is 5.77. The maximum Gasteiger partial charge on any atom is 0.223 e. The predicted octanol–water partition coefficient (Wildman–Crippen LogP) is 1.45. The number of hydrogen-bond donors (Lipinski definition) is 1. The molecule has 0 aromatic carbocycles. The largest absolute Gasteiger partial charge is 0.376 e. The van der Waals surface area contributed by atoms with Crippen LogP contribution < -0.4 is 5.32 Å². The van der Waals surface area contributed by atoms with Gasteiger partial charge in [-0.15, -0.1) is 0 Å². The number of carbonyl (C=O) groups is 1. The molecular weight excluding hydrogens is 188 g/mol. The second kappa shape index (κ2) is 6.06. The summed E-state index contributed by atoms with van der Waals surface area (Å²) in [5.41, 5.74) is 1.13. The Hall–Kier alpha value is -1.51. The Kier molecular flexibility index (Phi) is 4.68. The van der Waals surface area contributed by atoms with Gasteiger partial charge in [0, 0.05) is 32.8 Å². The van der Waals surface area contributed by atoms with Crippen molar-refractivity contribution in [1.82, 2.24) is 10.2 Å². The van der Waals surface area contributed by atoms with E-state index in [0.717, 1.165) is 12.1 Å². The maximum atomic E-state index is 11.1. The van der Waals surface area contributed by atoms with E-state index in [-0.39, 0.29) is 5.91 Å². The van der Waals surface area contributed by atoms with Crippen LogP contribution in [-0.2, 0) is 4.79 Å². The Bertz CT molecular complexity index is 303. The van der Waals surface area contributed by atoms with Gasteiger partial charge >= 0.3 is 0 Å². The molecule has 0 aromatic heterocycles. The van der Waals surface area contributed by atoms with Gasteiger partial charge in [-0.05, 0) is 12.5 Å². The van der Waals surface area contributed by atoms with E-state index >= 15 is 0 Å². The number of nitrogens with one attached hydrogen (secondary N) is 1. The zero-order valence-electron chi connectivity index (χ0n) is 9.36. The summed E-state index contributed by atoms with van der Waals surface area (Å²) in [5, 5.41) is 2.75. The molecule has 1 aliphatic heterocycles. The number of carbonyl (C=O) groups excluding carboxylic acids is 1. The van der Waals surface area contributed by atoms with Crippen molar-refractivity contribution in [3.8, 4) is 0 Å². The van der Waals surface area contributed by atoms with Gasteiger partial charge in [0.2, 0.25) is 5.91 Å². The number of nitrogens with zero attached hydrogens (tertiary/aromatic N) is 1. The van der Waals surface area contributed by atoms with E-state index in [4.69, 9.17) is 0 Å². The van der Waals surface area contributed by atoms with Gasteiger partial charge in [0.05, 0.1) is 0 Å². The first-order valence-electron chi connectivity index (χ1n) is 5.24. The topological polar surface area (TPSA) is 32.3 Å². The van der Waals surface area contributed by atoms with Gasteiger partial charge in [0.25, 0.3) is 0 Å². The van der Waals surface area contributed by atoms with Crippen LogP contribution in [0.15, 0.2) is 36.1 Å². The van der Waals surface area contributed by atoms with Crippen LogP contribution >= 0.6 is 0 Å². The number of allylic oxidation sites excluding steroid dienone is 3. The van der Waals surface area contributed by atoms with Crippen LogP contribution in [0.3, 0.4) is 0 Å². The van der Waals surface area contributed by atoms with Gasteiger partial charge in [-0.1, -0.05) is 24.3 Å². The second-order valence-electron chi connectivity index (χ2n) is 3.53. The number of hydrogen-bond acceptors (Lipinski definition) is 2. The molecule has 1 amide bonds. The fourth-order valence-corrected chi connectivity index (χ4v) is 1.38. The molecule has 15 heavy (non-hydrogen) atoms. The summed E-state index contributed by atoms with van der Waals surface area (Å²) in [4.78, 5) is 13.2. The lowest BCUT2D eigenvalue weighted by molar-refractivity contribution is -0.120. The lowest BCUT2D eigenvalue weighted by atomic mass is 10.2. The molecule has 3 nitrogen and oxygen atoms in total. The van der Waals surface area contributed by atoms with Gasteiger partial charge in [0.15, 0.2) is 0 Å². The molecule has 1 aliphatic rings. The highest BCUT2D eigenvalue weighted by Gasteiger charge is 1.98. The van der Waals surface area contributed by atoms with Crippen LogP contribution in [0.1, 0.15) is 13.3 Å². The molecule has 0 aliphatic carbocycles. The van der Waals surface area contributed by atoms with E-state index in [1.54, 1.807) is 0 Å². The van der Waals surface area contributed by atoms with Crippen LogP contribution in [0, 0.1) is 0 Å². The van der Waals surface area contributed by atoms with Crippen LogP contribution in [0.4, 0.5) is 0 Å². The summed E-state index contributed by atoms with van der Waals surface area (Å²) in [7, 11) is 2.03. The quantitative estimate of drug-likeness (QED) is 0.755. The Morgan fingerprint density at radius 2 is 2.47 bits per heavy atom. The zero-order valence-corrected chi connectivity index (χ0v) is 9.36. The zero-order chi connectivity index (χ0) is 11.1. The van der Waals surface area contributed by atoms with E-state index in [0.29, 0.717) is 13.0 Å². The molecule has 0 unspecified atom stereocenters. The van der Waals surface area contributed by atoms with E-state index in [9.17, 15) is 4.79 Å². The van der Waals surface area contributed by atoms with Gasteiger partial charge in [0.1, 0.15) is 0 Å². The average Bonchev–Trinajstić information content (AvgIpc) is 2.18. The van der Waals surface area contributed by atoms with E-state index in [2.05, 4.69) is 28.6 Å². The van der Waals surface area contributed by atoms with Crippen molar-refractivity contribution in [1.29, 1.82) is 0 Å². The average molecular weight is 206 g/mol. The van der Waals surface area contributed by atoms with Gasteiger partial charge in [-0.2, -0.15) is 0 Å². The summed E-state index contributed by atoms with van der Waals surface area (Å²) in [6, 6.07) is 0. The first-order chi connectivity index (χ1) is 7.22. The second-order valence-corrected chi connectivity index (χ2v) is 3.53. The van der Waals surface area contributed by atoms with Crippen molar-refractivity contribution in [2.75, 3.05) is 20.1 Å². The fraction of sp³-hybridized carbons (Fsp3) is 0.417. The molecule has 1 N–H and O–H groups in total. The van der Waals surface area contributed by atoms with E-state index < -0.39 is 0 Å². The fourth-order valence-electron chi connectivity index (χ4n) is 1.38. The van der Waals surface area contributed by atoms with Gasteiger partial charge in [-0.25, -0.2) is 0 Å². The molecule has 0 spiro atoms. The van der Waals surface area contributed by atoms with E-state index in [1.807, 2.05) is 26.1 Å². The molecule has 0 aromatic rings. The number of likely N-dealkylation sites (N-methyl/N-ethyl adjacent to an activating group) is 1. The van der Waals surface area contributed by atoms with E-state index in [1.165, 1.54) is 0 Å². The highest BCUT2D eigenvalue weighted by Crippen LogP contribution is 2.07. The summed E-state index contributed by atoms with van der Waals surface area (Å²) in [6.45, 7) is 3.56. The monoisotopic (exact) mass is 206 g/mol. The summed E-state index contributed by atoms with van der Waals surface area (Å²) in [5.74, 6) is 0.0718. The standard InChI is InChI=1S/C12H18N2O/c1-3-13-12(15)8-4-6-11-7-5-9-14(2)10-11/h4-7,10H,3,8-9H2,1-2H3,(H,13,15)/b6-4+. The third kappa shape index (κ3) is 4.49. The molecule has 0 fully saturated rings. The molecule has 0 radical (unpaired) electrons. The molecule has 0 atom stereocenters. The highest BCUT2D eigenvalue weighted by atomic mass is 16.1. The lowest BCUT2D eigenvalue weighted by Gasteiger charge is -2.15. The normalized spacial score (nSPS) is 15.6. The molecular formula is C12H18N2O. The summed E-state index contributed by atoms with van der Waals surface area (Å²) in [6.07, 6.45) is 10.5. The number of rotatable bonds is 4. The molecule has 0 saturated carbocycles. The minimum absolute atomic E-state index is 0.0718. The molecule has 3 heteroatoms. The Balaban J connectivity index is 2.38. The predicted molar refractivity (Wildman–Crippen MR) is 62.3 cm³/mol. The first-order valence-corrected chi connectivity index (χ1v) is 5.24. The molecule has 1 heterocycles. The maximum absolute atomic E-state index is 11.1. The van der Waals surface area contributed by atoms with Crippen molar-refractivity contribution in [3.63, 3.8) is 0 Å². The minimum Gasteiger partial charge on any atom is -0.376 e. The van der Waals surface area contributed by atoms with Crippen molar-refractivity contribution in [2.45, 2.75) is 13.3 Å². The summed E-state index contributed by atoms with van der Waals surface area (Å²) >= 11 is 0. The van der Waals surface area contributed by atoms with Crippen LogP contribution in [0.2, 0.25) is 0 Å². The van der Waals surface area contributed by atoms with Crippen LogP contribution in [0.25, 0.3) is 0 Å². The van der Waals surface area contributed by atoms with Crippen LogP contribution in [0.5, 0.6) is 0 Å². The van der Waals surface area contributed by atoms with Gasteiger partial charge < -0.3 is 10.2 Å². The third-order valence-corrected chi connectivity index (χ3v) is 2.06. The van der Waals surface area contributed by atoms with Crippen molar-refractivity contribution in [3.05, 3.63) is 36.1 Å². The van der Waals surface area contributed by atoms with Crippen molar-refractivity contribution < 1.29 is 4.79 Å². The molecule has 1 rings (SSSR count). The number of amides is 1. The molecule has 0 saturated heterocycles. The first kappa shape index (κ1) is 11.6. The van der Waals surface area contributed by atoms with Gasteiger partial charge in [-0.3, -0.25) is 4.79 Å². The SMILES string of the molecule is CCNC(=O)C/C=C/C1=CN(C)CC=C1. The minimum atomic E-state index is 0.0718. The lowest BCUT2D eigenvalue weighted by Crippen LogP contribution is -2.21. The Morgan fingerprint density at radius 1 is 1.67 bits per heavy atom. The van der Waals surface area contributed by atoms with Crippen LogP contribution in [-0.4, -0.2) is 30.9 Å². The third-order valence-electron chi connectivity index (χ3n) is 2.06. The Morgan fingerprint density at radius 3 is 3.13 bits per heavy atom. The molecule has 82 valence electrons.